The summed E-state index contributed by atoms with van der Waals surface area (Å²) in [5.74, 6) is -1.42. The molecule has 1 aromatic heterocycles. The highest BCUT2D eigenvalue weighted by Gasteiger charge is 2.35. The molecule has 0 radical (unpaired) electrons. The van der Waals surface area contributed by atoms with E-state index in [9.17, 15) is 27.9 Å². The first-order valence-electron chi connectivity index (χ1n) is 8.48. The summed E-state index contributed by atoms with van der Waals surface area (Å²) in [6, 6.07) is 10.4. The number of aromatic hydroxyl groups is 1. The first-order valence-corrected chi connectivity index (χ1v) is 8.48. The van der Waals surface area contributed by atoms with Gasteiger partial charge >= 0.3 is 6.18 Å². The van der Waals surface area contributed by atoms with Gasteiger partial charge < -0.3 is 15.7 Å². The molecule has 0 aliphatic heterocycles. The fourth-order valence-corrected chi connectivity index (χ4v) is 2.60. The van der Waals surface area contributed by atoms with Gasteiger partial charge in [-0.15, -0.1) is 0 Å². The van der Waals surface area contributed by atoms with E-state index in [1.54, 1.807) is 0 Å². The van der Waals surface area contributed by atoms with Gasteiger partial charge in [0.25, 0.3) is 5.91 Å². The third-order valence-corrected chi connectivity index (χ3v) is 3.98. The number of hydrogen-bond donors (Lipinski definition) is 3. The fourth-order valence-electron chi connectivity index (χ4n) is 2.60. The van der Waals surface area contributed by atoms with Crippen molar-refractivity contribution in [3.8, 4) is 11.4 Å². The summed E-state index contributed by atoms with van der Waals surface area (Å²) in [6.07, 6.45) is -2.56. The predicted molar refractivity (Wildman–Crippen MR) is 103 cm³/mol. The summed E-state index contributed by atoms with van der Waals surface area (Å²) < 4.78 is 40.0. The quantitative estimate of drug-likeness (QED) is 0.433. The molecule has 2 aromatic carbocycles. The van der Waals surface area contributed by atoms with Crippen molar-refractivity contribution in [3.63, 3.8) is 0 Å². The third kappa shape index (κ3) is 4.49. The SMILES string of the molecule is C=CC(=O)Nc1cc(C(=O)Nc2cccc(-n3nccc3C(F)(F)F)c2)ccc1O. The van der Waals surface area contributed by atoms with Gasteiger partial charge in [0.15, 0.2) is 0 Å². The topological polar surface area (TPSA) is 96.3 Å². The molecule has 3 aromatic rings. The zero-order chi connectivity index (χ0) is 21.9. The number of halogens is 3. The molecule has 0 spiro atoms. The maximum atomic E-state index is 13.1. The van der Waals surface area contributed by atoms with Gasteiger partial charge in [-0.3, -0.25) is 9.59 Å². The van der Waals surface area contributed by atoms with Gasteiger partial charge in [0.2, 0.25) is 5.91 Å². The van der Waals surface area contributed by atoms with Crippen LogP contribution in [0.25, 0.3) is 5.69 Å². The fraction of sp³-hybridized carbons (Fsp3) is 0.0500. The second-order valence-corrected chi connectivity index (χ2v) is 6.06. The van der Waals surface area contributed by atoms with Crippen molar-refractivity contribution >= 4 is 23.2 Å². The van der Waals surface area contributed by atoms with E-state index in [4.69, 9.17) is 0 Å². The van der Waals surface area contributed by atoms with Crippen molar-refractivity contribution in [2.45, 2.75) is 6.18 Å². The van der Waals surface area contributed by atoms with E-state index >= 15 is 0 Å². The van der Waals surface area contributed by atoms with Crippen LogP contribution in [0.5, 0.6) is 5.75 Å². The highest BCUT2D eigenvalue weighted by Crippen LogP contribution is 2.31. The predicted octanol–water partition coefficient (Wildman–Crippen LogP) is 3.97. The molecule has 0 atom stereocenters. The number of phenolic OH excluding ortho intramolecular Hbond substituents is 1. The van der Waals surface area contributed by atoms with Crippen LogP contribution in [0.2, 0.25) is 0 Å². The Labute approximate surface area is 168 Å². The van der Waals surface area contributed by atoms with E-state index < -0.39 is 23.7 Å². The minimum Gasteiger partial charge on any atom is -0.506 e. The van der Waals surface area contributed by atoms with Crippen LogP contribution in [0, 0.1) is 0 Å². The largest absolute Gasteiger partial charge is 0.506 e. The van der Waals surface area contributed by atoms with Crippen molar-refractivity contribution < 1.29 is 27.9 Å². The van der Waals surface area contributed by atoms with Gasteiger partial charge in [0.1, 0.15) is 11.4 Å². The summed E-state index contributed by atoms with van der Waals surface area (Å²) in [4.78, 5) is 24.0. The Morgan fingerprint density at radius 1 is 1.10 bits per heavy atom. The maximum Gasteiger partial charge on any atom is 0.433 e. The molecule has 1 heterocycles. The lowest BCUT2D eigenvalue weighted by atomic mass is 10.1. The van der Waals surface area contributed by atoms with Crippen LogP contribution in [0.3, 0.4) is 0 Å². The molecular formula is C20H15F3N4O3. The van der Waals surface area contributed by atoms with Crippen molar-refractivity contribution in [3.05, 3.63) is 78.6 Å². The van der Waals surface area contributed by atoms with E-state index in [2.05, 4.69) is 22.3 Å². The van der Waals surface area contributed by atoms with Crippen LogP contribution in [-0.4, -0.2) is 26.7 Å². The Hall–Kier alpha value is -4.08. The number of alkyl halides is 3. The van der Waals surface area contributed by atoms with E-state index in [0.717, 1.165) is 23.0 Å². The number of rotatable bonds is 5. The highest BCUT2D eigenvalue weighted by atomic mass is 19.4. The second kappa shape index (κ2) is 8.11. The smallest absolute Gasteiger partial charge is 0.433 e. The Morgan fingerprint density at radius 3 is 2.57 bits per heavy atom. The molecule has 0 aliphatic rings. The van der Waals surface area contributed by atoms with Crippen molar-refractivity contribution in [1.82, 2.24) is 9.78 Å². The van der Waals surface area contributed by atoms with Crippen LogP contribution >= 0.6 is 0 Å². The second-order valence-electron chi connectivity index (χ2n) is 6.06. The molecule has 10 heteroatoms. The monoisotopic (exact) mass is 416 g/mol. The van der Waals surface area contributed by atoms with Crippen LogP contribution < -0.4 is 10.6 Å². The van der Waals surface area contributed by atoms with Crippen LogP contribution in [0.15, 0.2) is 67.4 Å². The van der Waals surface area contributed by atoms with Gasteiger partial charge in [-0.2, -0.15) is 18.3 Å². The van der Waals surface area contributed by atoms with Gasteiger partial charge in [-0.05, 0) is 48.5 Å². The standard InChI is InChI=1S/C20H15F3N4O3/c1-2-18(29)26-15-10-12(6-7-16(15)28)19(30)25-13-4-3-5-14(11-13)27-17(8-9-24-27)20(21,22)23/h2-11,28H,1H2,(H,25,30)(H,26,29). The van der Waals surface area contributed by atoms with E-state index in [-0.39, 0.29) is 28.4 Å². The van der Waals surface area contributed by atoms with E-state index in [1.807, 2.05) is 0 Å². The number of anilines is 2. The van der Waals surface area contributed by atoms with Gasteiger partial charge in [0, 0.05) is 11.3 Å². The zero-order valence-electron chi connectivity index (χ0n) is 15.3. The minimum absolute atomic E-state index is 0.00709. The summed E-state index contributed by atoms with van der Waals surface area (Å²) in [7, 11) is 0. The molecule has 0 fully saturated rings. The summed E-state index contributed by atoms with van der Waals surface area (Å²) in [5, 5.41) is 18.4. The number of amides is 2. The normalized spacial score (nSPS) is 11.0. The molecule has 3 N–H and O–H groups in total. The Kier molecular flexibility index (Phi) is 5.58. The Morgan fingerprint density at radius 2 is 1.87 bits per heavy atom. The number of carbonyl (C=O) groups is 2. The molecule has 154 valence electrons. The lowest BCUT2D eigenvalue weighted by Gasteiger charge is -2.12. The first-order chi connectivity index (χ1) is 14.2. The van der Waals surface area contributed by atoms with Crippen LogP contribution in [0.1, 0.15) is 16.1 Å². The van der Waals surface area contributed by atoms with E-state index in [1.165, 1.54) is 42.5 Å². The number of hydrogen-bond acceptors (Lipinski definition) is 4. The molecule has 0 unspecified atom stereocenters. The van der Waals surface area contributed by atoms with E-state index in [0.29, 0.717) is 0 Å². The van der Waals surface area contributed by atoms with Crippen LogP contribution in [0.4, 0.5) is 24.5 Å². The number of nitrogens with one attached hydrogen (secondary N) is 2. The Balaban J connectivity index is 1.84. The van der Waals surface area contributed by atoms with Gasteiger partial charge in [0.05, 0.1) is 17.6 Å². The average Bonchev–Trinajstić information content (AvgIpc) is 3.20. The van der Waals surface area contributed by atoms with Gasteiger partial charge in [-0.1, -0.05) is 12.6 Å². The molecule has 0 bridgehead atoms. The summed E-state index contributed by atoms with van der Waals surface area (Å²) in [6.45, 7) is 3.30. The number of nitrogens with zero attached hydrogens (tertiary/aromatic N) is 2. The average molecular weight is 416 g/mol. The minimum atomic E-state index is -4.59. The molecule has 3 rings (SSSR count). The number of carbonyl (C=O) groups excluding carboxylic acids is 2. The van der Waals surface area contributed by atoms with Crippen molar-refractivity contribution in [2.24, 2.45) is 0 Å². The molecule has 7 nitrogen and oxygen atoms in total. The van der Waals surface area contributed by atoms with Gasteiger partial charge in [-0.25, -0.2) is 4.68 Å². The number of aromatic nitrogens is 2. The highest BCUT2D eigenvalue weighted by molar-refractivity contribution is 6.06. The zero-order valence-corrected chi connectivity index (χ0v) is 15.3. The summed E-state index contributed by atoms with van der Waals surface area (Å²) >= 11 is 0. The van der Waals surface area contributed by atoms with Crippen LogP contribution in [-0.2, 0) is 11.0 Å². The molecule has 30 heavy (non-hydrogen) atoms. The lowest BCUT2D eigenvalue weighted by Crippen LogP contribution is -2.15. The Bertz CT molecular complexity index is 1120. The number of benzene rings is 2. The van der Waals surface area contributed by atoms with Crippen molar-refractivity contribution in [1.29, 1.82) is 0 Å². The first kappa shape index (κ1) is 20.6. The lowest BCUT2D eigenvalue weighted by molar-refractivity contribution is -0.142. The maximum absolute atomic E-state index is 13.1. The summed E-state index contributed by atoms with van der Waals surface area (Å²) in [5.41, 5.74) is -0.506. The molecule has 0 saturated heterocycles. The van der Waals surface area contributed by atoms with Crippen molar-refractivity contribution in [2.75, 3.05) is 10.6 Å². The molecule has 0 aliphatic carbocycles. The third-order valence-electron chi connectivity index (χ3n) is 3.98. The number of phenols is 1. The molecular weight excluding hydrogens is 401 g/mol. The molecule has 0 saturated carbocycles. The molecule has 2 amide bonds.